The molecule has 3 aromatic carbocycles. The summed E-state index contributed by atoms with van der Waals surface area (Å²) < 4.78 is 68.5. The van der Waals surface area contributed by atoms with Gasteiger partial charge in [0.25, 0.3) is 5.91 Å². The Hall–Kier alpha value is -4.16. The van der Waals surface area contributed by atoms with Gasteiger partial charge in [0.05, 0.1) is 17.4 Å². The number of hydrogen-bond acceptors (Lipinski definition) is 3. The van der Waals surface area contributed by atoms with Crippen LogP contribution in [-0.4, -0.2) is 28.7 Å². The number of H-pyrrole nitrogens is 1. The Kier molecular flexibility index (Phi) is 6.42. The first-order valence-electron chi connectivity index (χ1n) is 12.0. The van der Waals surface area contributed by atoms with Gasteiger partial charge in [-0.25, -0.2) is 13.6 Å². The minimum atomic E-state index is -4.70. The number of amides is 3. The second-order valence-electron chi connectivity index (χ2n) is 9.44. The zero-order chi connectivity index (χ0) is 29.2. The minimum Gasteiger partial charge on any atom is -0.327 e. The van der Waals surface area contributed by atoms with Crippen molar-refractivity contribution < 1.29 is 31.5 Å². The second-order valence-corrected chi connectivity index (χ2v) is 10.3. The topological polar surface area (TPSA) is 90.1 Å². The van der Waals surface area contributed by atoms with Gasteiger partial charge in [-0.05, 0) is 60.5 Å². The number of urea groups is 1. The number of alkyl halides is 3. The largest absolute Gasteiger partial charge is 0.432 e. The van der Waals surface area contributed by atoms with Crippen LogP contribution in [-0.2, 0) is 12.6 Å². The van der Waals surface area contributed by atoms with E-state index in [1.807, 2.05) is 5.10 Å². The lowest BCUT2D eigenvalue weighted by atomic mass is 9.88. The third-order valence-electron chi connectivity index (χ3n) is 6.90. The number of carbonyl (C=O) groups is 2. The molecule has 41 heavy (non-hydrogen) atoms. The van der Waals surface area contributed by atoms with Crippen molar-refractivity contribution in [3.05, 3.63) is 98.2 Å². The Morgan fingerprint density at radius 1 is 1.05 bits per heavy atom. The number of aromatic nitrogens is 2. The van der Waals surface area contributed by atoms with Gasteiger partial charge < -0.3 is 10.6 Å². The molecule has 2 aliphatic rings. The van der Waals surface area contributed by atoms with Crippen molar-refractivity contribution in [2.45, 2.75) is 18.6 Å². The van der Waals surface area contributed by atoms with Gasteiger partial charge >= 0.3 is 12.2 Å². The summed E-state index contributed by atoms with van der Waals surface area (Å²) in [6, 6.07) is 7.44. The summed E-state index contributed by atoms with van der Waals surface area (Å²) in [6.07, 6.45) is -4.44. The Bertz CT molecular complexity index is 1740. The molecule has 210 valence electrons. The highest BCUT2D eigenvalue weighted by atomic mass is 35.5. The molecule has 1 aromatic heterocycles. The average molecular weight is 608 g/mol. The van der Waals surface area contributed by atoms with Crippen molar-refractivity contribution in [1.29, 1.82) is 0 Å². The zero-order valence-electron chi connectivity index (χ0n) is 20.5. The normalized spacial score (nSPS) is 16.0. The van der Waals surface area contributed by atoms with Gasteiger partial charge in [0.1, 0.15) is 17.3 Å². The molecule has 2 aliphatic heterocycles. The first-order chi connectivity index (χ1) is 19.4. The summed E-state index contributed by atoms with van der Waals surface area (Å²) in [6.45, 7) is 0.179. The van der Waals surface area contributed by atoms with Crippen LogP contribution in [0.15, 0.2) is 48.5 Å². The molecule has 0 aliphatic carbocycles. The molecule has 0 fully saturated rings. The van der Waals surface area contributed by atoms with Gasteiger partial charge in [0, 0.05) is 44.5 Å². The molecule has 1 atom stereocenters. The van der Waals surface area contributed by atoms with Crippen LogP contribution < -0.4 is 15.5 Å². The molecule has 4 aromatic rings. The van der Waals surface area contributed by atoms with Crippen LogP contribution in [0.5, 0.6) is 0 Å². The van der Waals surface area contributed by atoms with E-state index in [0.29, 0.717) is 16.8 Å². The number of anilines is 2. The van der Waals surface area contributed by atoms with E-state index in [1.54, 1.807) is 0 Å². The predicted molar refractivity (Wildman–Crippen MR) is 141 cm³/mol. The first-order valence-corrected chi connectivity index (χ1v) is 12.8. The lowest BCUT2D eigenvalue weighted by Gasteiger charge is -2.35. The van der Waals surface area contributed by atoms with Gasteiger partial charge in [-0.1, -0.05) is 23.2 Å². The van der Waals surface area contributed by atoms with Crippen LogP contribution in [0.3, 0.4) is 0 Å². The molecule has 3 N–H and O–H groups in total. The highest BCUT2D eigenvalue weighted by molar-refractivity contribution is 6.31. The molecule has 0 saturated heterocycles. The fraction of sp³-hybridized carbons (Fsp3) is 0.148. The number of halogens is 7. The Balaban J connectivity index is 1.58. The maximum Gasteiger partial charge on any atom is 0.432 e. The molecule has 3 amide bonds. The number of carbonyl (C=O) groups excluding carboxylic acids is 2. The molecule has 0 bridgehead atoms. The van der Waals surface area contributed by atoms with Gasteiger partial charge in [0.2, 0.25) is 0 Å². The van der Waals surface area contributed by atoms with E-state index >= 15 is 0 Å². The van der Waals surface area contributed by atoms with Crippen LogP contribution in [0.2, 0.25) is 10.0 Å². The fourth-order valence-electron chi connectivity index (χ4n) is 5.18. The van der Waals surface area contributed by atoms with Crippen LogP contribution in [0.1, 0.15) is 38.8 Å². The number of nitrogens with zero attached hydrogens (tertiary/aromatic N) is 2. The van der Waals surface area contributed by atoms with Gasteiger partial charge in [-0.15, -0.1) is 0 Å². The second kappa shape index (κ2) is 9.74. The number of rotatable bonds is 4. The molecule has 7 nitrogen and oxygen atoms in total. The molecule has 3 heterocycles. The number of benzene rings is 3. The van der Waals surface area contributed by atoms with E-state index in [9.17, 15) is 31.5 Å². The monoisotopic (exact) mass is 607 g/mol. The summed E-state index contributed by atoms with van der Waals surface area (Å²) in [5.41, 5.74) is 0.297. The van der Waals surface area contributed by atoms with Crippen molar-refractivity contribution in [3.63, 3.8) is 0 Å². The van der Waals surface area contributed by atoms with E-state index in [-0.39, 0.29) is 51.1 Å². The quantitative estimate of drug-likeness (QED) is 0.216. The fourth-order valence-corrected chi connectivity index (χ4v) is 5.63. The van der Waals surface area contributed by atoms with Crippen molar-refractivity contribution in [2.75, 3.05) is 16.8 Å². The summed E-state index contributed by atoms with van der Waals surface area (Å²) in [5.74, 6) is -2.19. The van der Waals surface area contributed by atoms with Crippen molar-refractivity contribution in [1.82, 2.24) is 15.5 Å². The van der Waals surface area contributed by atoms with Crippen molar-refractivity contribution >= 4 is 46.5 Å². The number of nitrogens with one attached hydrogen (secondary N) is 3. The molecule has 14 heteroatoms. The third-order valence-corrected chi connectivity index (χ3v) is 7.47. The SMILES string of the molecule is O=C(Nc1cc(-c2cc(C(F)(F)F)[nH]n2)c2c3c1C(c1cc(F)ccc1Cl)NC(=O)N3CC2)c1cc(F)cc(Cl)c1. The molecule has 6 rings (SSSR count). The lowest BCUT2D eigenvalue weighted by molar-refractivity contribution is -0.141. The summed E-state index contributed by atoms with van der Waals surface area (Å²) in [5, 5.41) is 11.3. The zero-order valence-corrected chi connectivity index (χ0v) is 22.0. The third kappa shape index (κ3) is 4.76. The standard InChI is InChI=1S/C27H16Cl2F5N5O2/c28-12-5-11(6-14(31)7-12)25(40)35-20-9-16(19-10-21(38-37-19)27(32,33)34)15-3-4-39-24(15)22(20)23(36-26(39)41)17-8-13(30)1-2-18(17)29/h1-2,5-10,23H,3-4H2,(H,35,40)(H,36,41)(H,37,38). The van der Waals surface area contributed by atoms with E-state index in [2.05, 4.69) is 15.7 Å². The molecule has 0 spiro atoms. The van der Waals surface area contributed by atoms with Crippen molar-refractivity contribution in [2.24, 2.45) is 0 Å². The highest BCUT2D eigenvalue weighted by Gasteiger charge is 2.41. The molecule has 1 unspecified atom stereocenters. The van der Waals surface area contributed by atoms with Crippen LogP contribution in [0, 0.1) is 11.6 Å². The van der Waals surface area contributed by atoms with Gasteiger partial charge in [0.15, 0.2) is 0 Å². The van der Waals surface area contributed by atoms with Gasteiger partial charge in [-0.2, -0.15) is 18.3 Å². The molecular formula is C27H16Cl2F5N5O2. The van der Waals surface area contributed by atoms with E-state index in [4.69, 9.17) is 23.2 Å². The maximum atomic E-state index is 14.3. The maximum absolute atomic E-state index is 14.3. The van der Waals surface area contributed by atoms with Gasteiger partial charge in [-0.3, -0.25) is 14.8 Å². The molecule has 0 saturated carbocycles. The summed E-state index contributed by atoms with van der Waals surface area (Å²) >= 11 is 12.3. The van der Waals surface area contributed by atoms with Crippen molar-refractivity contribution in [3.8, 4) is 11.3 Å². The summed E-state index contributed by atoms with van der Waals surface area (Å²) in [7, 11) is 0. The number of hydrogen-bond donors (Lipinski definition) is 3. The number of aromatic amines is 1. The predicted octanol–water partition coefficient (Wildman–Crippen LogP) is 7.11. The first kappa shape index (κ1) is 27.0. The van der Waals surface area contributed by atoms with Crippen LogP contribution >= 0.6 is 23.2 Å². The highest BCUT2D eigenvalue weighted by Crippen LogP contribution is 2.50. The minimum absolute atomic E-state index is 0.0369. The smallest absolute Gasteiger partial charge is 0.327 e. The molecule has 0 radical (unpaired) electrons. The van der Waals surface area contributed by atoms with E-state index in [0.717, 1.165) is 30.3 Å². The van der Waals surface area contributed by atoms with E-state index in [1.165, 1.54) is 23.1 Å². The van der Waals surface area contributed by atoms with Crippen LogP contribution in [0.4, 0.5) is 38.1 Å². The Labute approximate surface area is 238 Å². The van der Waals surface area contributed by atoms with E-state index < -0.39 is 41.5 Å². The Morgan fingerprint density at radius 2 is 1.83 bits per heavy atom. The van der Waals surface area contributed by atoms with Crippen LogP contribution in [0.25, 0.3) is 11.3 Å². The lowest BCUT2D eigenvalue weighted by Crippen LogP contribution is -2.46. The Morgan fingerprint density at radius 3 is 2.54 bits per heavy atom. The summed E-state index contributed by atoms with van der Waals surface area (Å²) in [4.78, 5) is 27.9. The average Bonchev–Trinajstić information content (AvgIpc) is 3.57. The molecular weight excluding hydrogens is 592 g/mol.